The van der Waals surface area contributed by atoms with Gasteiger partial charge in [-0.2, -0.15) is 0 Å². The number of nitrogens with two attached hydrogens (primary N) is 1. The fraction of sp³-hybridized carbons (Fsp3) is 0.538. The normalized spacial score (nSPS) is 11.0. The summed E-state index contributed by atoms with van der Waals surface area (Å²) in [4.78, 5) is 18.1. The Kier molecular flexibility index (Phi) is 5.74. The molecule has 5 heteroatoms. The molecule has 0 saturated carbocycles. The lowest BCUT2D eigenvalue weighted by Gasteiger charge is -2.20. The summed E-state index contributed by atoms with van der Waals surface area (Å²) in [7, 11) is 2.04. The Morgan fingerprint density at radius 3 is 2.89 bits per heavy atom. The van der Waals surface area contributed by atoms with Crippen molar-refractivity contribution in [3.05, 3.63) is 29.6 Å². The van der Waals surface area contributed by atoms with Gasteiger partial charge in [0, 0.05) is 37.4 Å². The zero-order chi connectivity index (χ0) is 13.5. The van der Waals surface area contributed by atoms with Crippen LogP contribution in [-0.2, 0) is 6.54 Å². The van der Waals surface area contributed by atoms with Crippen LogP contribution in [0, 0.1) is 0 Å². The molecule has 100 valence electrons. The van der Waals surface area contributed by atoms with Crippen LogP contribution in [0.25, 0.3) is 0 Å². The number of carbonyl (C=O) groups excluding carboxylic acids is 1. The summed E-state index contributed by atoms with van der Waals surface area (Å²) in [6.07, 6.45) is 1.61. The molecular formula is C13H22N4O. The van der Waals surface area contributed by atoms with E-state index in [-0.39, 0.29) is 5.91 Å². The van der Waals surface area contributed by atoms with Gasteiger partial charge in [-0.1, -0.05) is 0 Å². The van der Waals surface area contributed by atoms with Crippen molar-refractivity contribution in [2.75, 3.05) is 20.1 Å². The van der Waals surface area contributed by atoms with Crippen LogP contribution >= 0.6 is 0 Å². The summed E-state index contributed by atoms with van der Waals surface area (Å²) < 4.78 is 0. The van der Waals surface area contributed by atoms with Crippen LogP contribution in [0.15, 0.2) is 18.3 Å². The first-order chi connectivity index (χ1) is 8.54. The number of amides is 1. The molecule has 0 aromatic carbocycles. The summed E-state index contributed by atoms with van der Waals surface area (Å²) in [6, 6.07) is 3.90. The number of rotatable bonds is 6. The van der Waals surface area contributed by atoms with E-state index in [0.717, 1.165) is 12.2 Å². The molecule has 0 saturated heterocycles. The minimum atomic E-state index is -0.0794. The third-order valence-corrected chi connectivity index (χ3v) is 2.92. The van der Waals surface area contributed by atoms with E-state index in [0.29, 0.717) is 24.7 Å². The van der Waals surface area contributed by atoms with Crippen molar-refractivity contribution in [2.24, 2.45) is 5.73 Å². The lowest BCUT2D eigenvalue weighted by Crippen LogP contribution is -2.36. The lowest BCUT2D eigenvalue weighted by atomic mass is 10.2. The van der Waals surface area contributed by atoms with Crippen LogP contribution in [0.1, 0.15) is 29.9 Å². The van der Waals surface area contributed by atoms with Crippen molar-refractivity contribution < 1.29 is 4.79 Å². The summed E-state index contributed by atoms with van der Waals surface area (Å²) in [5, 5.41) is 2.89. The van der Waals surface area contributed by atoms with Gasteiger partial charge in [-0.25, -0.2) is 0 Å². The van der Waals surface area contributed by atoms with E-state index in [1.165, 1.54) is 0 Å². The zero-order valence-corrected chi connectivity index (χ0v) is 11.3. The Bertz CT molecular complexity index is 392. The van der Waals surface area contributed by atoms with E-state index in [2.05, 4.69) is 29.0 Å². The van der Waals surface area contributed by atoms with Gasteiger partial charge in [0.1, 0.15) is 0 Å². The predicted molar refractivity (Wildman–Crippen MR) is 72.2 cm³/mol. The maximum Gasteiger partial charge on any atom is 0.251 e. The Labute approximate surface area is 108 Å². The SMILES string of the molecule is CC(C)N(C)CCNC(=O)c1ccnc(CN)c1. The van der Waals surface area contributed by atoms with Gasteiger partial charge in [0.05, 0.1) is 5.69 Å². The van der Waals surface area contributed by atoms with Crippen molar-refractivity contribution in [1.82, 2.24) is 15.2 Å². The molecule has 1 rings (SSSR count). The van der Waals surface area contributed by atoms with E-state index in [1.807, 2.05) is 7.05 Å². The fourth-order valence-corrected chi connectivity index (χ4v) is 1.44. The van der Waals surface area contributed by atoms with Crippen LogP contribution in [0.2, 0.25) is 0 Å². The highest BCUT2D eigenvalue weighted by Crippen LogP contribution is 2.01. The standard InChI is InChI=1S/C13H22N4O/c1-10(2)17(3)7-6-16-13(18)11-4-5-15-12(8-11)9-14/h4-5,8,10H,6-7,9,14H2,1-3H3,(H,16,18). The molecule has 0 bridgehead atoms. The molecule has 1 aromatic rings. The number of hydrogen-bond donors (Lipinski definition) is 2. The number of pyridine rings is 1. The second-order valence-electron chi connectivity index (χ2n) is 4.57. The van der Waals surface area contributed by atoms with Gasteiger partial charge < -0.3 is 16.0 Å². The number of hydrogen-bond acceptors (Lipinski definition) is 4. The number of carbonyl (C=O) groups is 1. The van der Waals surface area contributed by atoms with Gasteiger partial charge in [-0.05, 0) is 33.0 Å². The molecule has 0 aliphatic carbocycles. The van der Waals surface area contributed by atoms with E-state index < -0.39 is 0 Å². The smallest absolute Gasteiger partial charge is 0.251 e. The zero-order valence-electron chi connectivity index (χ0n) is 11.3. The maximum absolute atomic E-state index is 11.9. The molecule has 18 heavy (non-hydrogen) atoms. The minimum Gasteiger partial charge on any atom is -0.351 e. The van der Waals surface area contributed by atoms with Crippen LogP contribution < -0.4 is 11.1 Å². The van der Waals surface area contributed by atoms with E-state index in [1.54, 1.807) is 18.3 Å². The average Bonchev–Trinajstić information content (AvgIpc) is 2.38. The first-order valence-corrected chi connectivity index (χ1v) is 6.18. The van der Waals surface area contributed by atoms with Crippen molar-refractivity contribution in [3.8, 4) is 0 Å². The molecule has 0 radical (unpaired) electrons. The van der Waals surface area contributed by atoms with Gasteiger partial charge in [0.25, 0.3) is 5.91 Å². The quantitative estimate of drug-likeness (QED) is 0.776. The summed E-state index contributed by atoms with van der Waals surface area (Å²) >= 11 is 0. The van der Waals surface area contributed by atoms with E-state index in [4.69, 9.17) is 5.73 Å². The molecule has 0 unspecified atom stereocenters. The largest absolute Gasteiger partial charge is 0.351 e. The lowest BCUT2D eigenvalue weighted by molar-refractivity contribution is 0.0948. The number of aromatic nitrogens is 1. The topological polar surface area (TPSA) is 71.2 Å². The fourth-order valence-electron chi connectivity index (χ4n) is 1.44. The van der Waals surface area contributed by atoms with Crippen molar-refractivity contribution >= 4 is 5.91 Å². The predicted octanol–water partition coefficient (Wildman–Crippen LogP) is 0.610. The Balaban J connectivity index is 2.45. The Hall–Kier alpha value is -1.46. The highest BCUT2D eigenvalue weighted by atomic mass is 16.1. The first-order valence-electron chi connectivity index (χ1n) is 6.18. The van der Waals surface area contributed by atoms with Crippen LogP contribution in [0.4, 0.5) is 0 Å². The summed E-state index contributed by atoms with van der Waals surface area (Å²) in [6.45, 7) is 6.06. The number of likely N-dealkylation sites (N-methyl/N-ethyl adjacent to an activating group) is 1. The first kappa shape index (κ1) is 14.6. The van der Waals surface area contributed by atoms with Gasteiger partial charge in [0.15, 0.2) is 0 Å². The van der Waals surface area contributed by atoms with Crippen molar-refractivity contribution in [1.29, 1.82) is 0 Å². The van der Waals surface area contributed by atoms with Crippen molar-refractivity contribution in [3.63, 3.8) is 0 Å². The highest BCUT2D eigenvalue weighted by molar-refractivity contribution is 5.94. The van der Waals surface area contributed by atoms with E-state index >= 15 is 0 Å². The van der Waals surface area contributed by atoms with Gasteiger partial charge in [0.2, 0.25) is 0 Å². The van der Waals surface area contributed by atoms with Gasteiger partial charge in [-0.15, -0.1) is 0 Å². The second kappa shape index (κ2) is 7.08. The Morgan fingerprint density at radius 1 is 1.56 bits per heavy atom. The average molecular weight is 250 g/mol. The molecular weight excluding hydrogens is 228 g/mol. The highest BCUT2D eigenvalue weighted by Gasteiger charge is 2.07. The molecule has 0 atom stereocenters. The number of nitrogens with one attached hydrogen (secondary N) is 1. The summed E-state index contributed by atoms with van der Waals surface area (Å²) in [5.74, 6) is -0.0794. The molecule has 3 N–H and O–H groups in total. The molecule has 0 aliphatic rings. The van der Waals surface area contributed by atoms with Crippen molar-refractivity contribution in [2.45, 2.75) is 26.4 Å². The van der Waals surface area contributed by atoms with Crippen LogP contribution in [-0.4, -0.2) is 42.0 Å². The van der Waals surface area contributed by atoms with Crippen LogP contribution in [0.5, 0.6) is 0 Å². The third-order valence-electron chi connectivity index (χ3n) is 2.92. The molecule has 0 aliphatic heterocycles. The maximum atomic E-state index is 11.9. The molecule has 1 amide bonds. The monoisotopic (exact) mass is 250 g/mol. The van der Waals surface area contributed by atoms with Gasteiger partial charge >= 0.3 is 0 Å². The molecule has 1 aromatic heterocycles. The third kappa shape index (κ3) is 4.43. The Morgan fingerprint density at radius 2 is 2.28 bits per heavy atom. The van der Waals surface area contributed by atoms with Gasteiger partial charge in [-0.3, -0.25) is 9.78 Å². The molecule has 0 spiro atoms. The van der Waals surface area contributed by atoms with Crippen LogP contribution in [0.3, 0.4) is 0 Å². The molecule has 5 nitrogen and oxygen atoms in total. The molecule has 1 heterocycles. The minimum absolute atomic E-state index is 0.0794. The molecule has 0 fully saturated rings. The summed E-state index contributed by atoms with van der Waals surface area (Å²) in [5.41, 5.74) is 6.82. The van der Waals surface area contributed by atoms with E-state index in [9.17, 15) is 4.79 Å². The second-order valence-corrected chi connectivity index (χ2v) is 4.57. The number of nitrogens with zero attached hydrogens (tertiary/aromatic N) is 2.